The number of unbranched alkanes of at least 4 members (excludes halogenated alkanes) is 1. The van der Waals surface area contributed by atoms with E-state index in [0.29, 0.717) is 17.5 Å². The summed E-state index contributed by atoms with van der Waals surface area (Å²) in [4.78, 5) is 0. The molecule has 0 amide bonds. The van der Waals surface area contributed by atoms with E-state index < -0.39 is 30.3 Å². The molecule has 0 saturated carbocycles. The molecule has 0 aliphatic rings. The zero-order valence-corrected chi connectivity index (χ0v) is 15.7. The van der Waals surface area contributed by atoms with Gasteiger partial charge in [-0.2, -0.15) is 13.2 Å². The number of hydrogen-bond donors (Lipinski definition) is 1. The molecule has 1 atom stereocenters. The van der Waals surface area contributed by atoms with Crippen LogP contribution in [0.4, 0.5) is 26.3 Å². The van der Waals surface area contributed by atoms with Crippen LogP contribution in [-0.2, 0) is 5.60 Å². The van der Waals surface area contributed by atoms with Crippen molar-refractivity contribution < 1.29 is 40.9 Å². The monoisotopic (exact) mass is 422 g/mol. The fourth-order valence-corrected chi connectivity index (χ4v) is 2.92. The molecule has 160 valence electrons. The van der Waals surface area contributed by atoms with Gasteiger partial charge in [-0.05, 0) is 29.7 Å². The van der Waals surface area contributed by atoms with Gasteiger partial charge in [0.1, 0.15) is 11.5 Å². The number of rotatable bonds is 7. The van der Waals surface area contributed by atoms with Crippen molar-refractivity contribution in [2.45, 2.75) is 44.3 Å². The number of halogens is 6. The number of methoxy groups -OCH3 is 1. The molecule has 3 nitrogen and oxygen atoms in total. The molecule has 9 heteroatoms. The summed E-state index contributed by atoms with van der Waals surface area (Å²) in [6, 6.07) is 8.41. The first-order chi connectivity index (χ1) is 13.4. The van der Waals surface area contributed by atoms with Crippen LogP contribution < -0.4 is 9.47 Å². The molecule has 0 aliphatic carbocycles. The zero-order valence-electron chi connectivity index (χ0n) is 15.7. The molecule has 1 unspecified atom stereocenters. The highest BCUT2D eigenvalue weighted by atomic mass is 19.4. The SMILES string of the molecule is CCCCC(O)(c1ccc(-c2ccc(OC(F)(F)F)cc2OC)cc1)C(F)(F)F. The molecule has 0 radical (unpaired) electrons. The van der Waals surface area contributed by atoms with Crippen molar-refractivity contribution in [3.8, 4) is 22.6 Å². The van der Waals surface area contributed by atoms with E-state index in [-0.39, 0.29) is 17.7 Å². The molecular formula is C20H20F6O3. The minimum absolute atomic E-state index is 0.0524. The lowest BCUT2D eigenvalue weighted by Gasteiger charge is -2.31. The van der Waals surface area contributed by atoms with Gasteiger partial charge in [0.15, 0.2) is 5.60 Å². The summed E-state index contributed by atoms with van der Waals surface area (Å²) in [5.41, 5.74) is -2.52. The fourth-order valence-electron chi connectivity index (χ4n) is 2.92. The van der Waals surface area contributed by atoms with Crippen LogP contribution in [-0.4, -0.2) is 24.8 Å². The second-order valence-corrected chi connectivity index (χ2v) is 6.45. The van der Waals surface area contributed by atoms with Crippen molar-refractivity contribution >= 4 is 0 Å². The predicted octanol–water partition coefficient (Wildman–Crippen LogP) is 6.20. The molecular weight excluding hydrogens is 402 g/mol. The number of aliphatic hydroxyl groups is 1. The molecule has 1 N–H and O–H groups in total. The second kappa shape index (κ2) is 8.52. The highest BCUT2D eigenvalue weighted by Crippen LogP contribution is 2.43. The van der Waals surface area contributed by atoms with E-state index in [9.17, 15) is 31.4 Å². The van der Waals surface area contributed by atoms with Crippen LogP contribution >= 0.6 is 0 Å². The molecule has 0 fully saturated rings. The summed E-state index contributed by atoms with van der Waals surface area (Å²) >= 11 is 0. The van der Waals surface area contributed by atoms with Gasteiger partial charge in [-0.25, -0.2) is 0 Å². The Labute approximate surface area is 163 Å². The number of ether oxygens (including phenoxy) is 2. The molecule has 0 aliphatic heterocycles. The number of hydrogen-bond acceptors (Lipinski definition) is 3. The molecule has 29 heavy (non-hydrogen) atoms. The first-order valence-corrected chi connectivity index (χ1v) is 8.75. The van der Waals surface area contributed by atoms with Crippen molar-refractivity contribution in [3.05, 3.63) is 48.0 Å². The summed E-state index contributed by atoms with van der Waals surface area (Å²) in [6.07, 6.45) is -9.52. The molecule has 0 aromatic heterocycles. The quantitative estimate of drug-likeness (QED) is 0.540. The Bertz CT molecular complexity index is 814. The van der Waals surface area contributed by atoms with Crippen molar-refractivity contribution in [1.82, 2.24) is 0 Å². The number of alkyl halides is 6. The smallest absolute Gasteiger partial charge is 0.496 e. The van der Waals surface area contributed by atoms with Crippen LogP contribution in [0.3, 0.4) is 0 Å². The van der Waals surface area contributed by atoms with Gasteiger partial charge in [0.25, 0.3) is 0 Å². The minimum atomic E-state index is -4.87. The molecule has 0 saturated heterocycles. The van der Waals surface area contributed by atoms with E-state index in [0.717, 1.165) is 24.3 Å². The van der Waals surface area contributed by atoms with Crippen LogP contribution in [0.25, 0.3) is 11.1 Å². The lowest BCUT2D eigenvalue weighted by molar-refractivity contribution is -0.274. The van der Waals surface area contributed by atoms with Crippen LogP contribution in [0.1, 0.15) is 31.7 Å². The van der Waals surface area contributed by atoms with Gasteiger partial charge in [-0.1, -0.05) is 44.0 Å². The Morgan fingerprint density at radius 1 is 0.931 bits per heavy atom. The average Bonchev–Trinajstić information content (AvgIpc) is 2.64. The third-order valence-electron chi connectivity index (χ3n) is 4.44. The third kappa shape index (κ3) is 5.35. The summed E-state index contributed by atoms with van der Waals surface area (Å²) in [7, 11) is 1.25. The lowest BCUT2D eigenvalue weighted by atomic mass is 9.87. The molecule has 0 spiro atoms. The molecule has 2 rings (SSSR count). The maximum atomic E-state index is 13.5. The average molecular weight is 422 g/mol. The second-order valence-electron chi connectivity index (χ2n) is 6.45. The van der Waals surface area contributed by atoms with Crippen molar-refractivity contribution in [2.75, 3.05) is 7.11 Å². The normalized spacial score (nSPS) is 14.4. The van der Waals surface area contributed by atoms with E-state index in [1.165, 1.54) is 25.3 Å². The summed E-state index contributed by atoms with van der Waals surface area (Å²) < 4.78 is 86.4. The van der Waals surface area contributed by atoms with Crippen LogP contribution in [0, 0.1) is 0 Å². The van der Waals surface area contributed by atoms with Crippen LogP contribution in [0.5, 0.6) is 11.5 Å². The first-order valence-electron chi connectivity index (χ1n) is 8.75. The maximum absolute atomic E-state index is 13.5. The summed E-state index contributed by atoms with van der Waals surface area (Å²) in [6.45, 7) is 1.72. The van der Waals surface area contributed by atoms with Crippen molar-refractivity contribution in [2.24, 2.45) is 0 Å². The molecule has 2 aromatic carbocycles. The van der Waals surface area contributed by atoms with Gasteiger partial charge in [0, 0.05) is 11.6 Å². The topological polar surface area (TPSA) is 38.7 Å². The Kier molecular flexibility index (Phi) is 6.72. The van der Waals surface area contributed by atoms with Gasteiger partial charge in [0.05, 0.1) is 7.11 Å². The predicted molar refractivity (Wildman–Crippen MR) is 94.6 cm³/mol. The van der Waals surface area contributed by atoms with E-state index in [4.69, 9.17) is 4.74 Å². The fraction of sp³-hybridized carbons (Fsp3) is 0.400. The van der Waals surface area contributed by atoms with E-state index in [1.807, 2.05) is 0 Å². The maximum Gasteiger partial charge on any atom is 0.573 e. The standard InChI is InChI=1S/C20H20F6O3/c1-3-4-11-18(27,19(21,22)23)14-7-5-13(6-8-14)16-10-9-15(12-17(16)28-2)29-20(24,25)26/h5-10,12,27H,3-4,11H2,1-2H3. The Balaban J connectivity index is 2.38. The third-order valence-corrected chi connectivity index (χ3v) is 4.44. The van der Waals surface area contributed by atoms with E-state index in [1.54, 1.807) is 6.92 Å². The van der Waals surface area contributed by atoms with Gasteiger partial charge in [-0.3, -0.25) is 0 Å². The first kappa shape index (κ1) is 22.9. The zero-order chi connectivity index (χ0) is 21.9. The highest BCUT2D eigenvalue weighted by molar-refractivity contribution is 5.72. The van der Waals surface area contributed by atoms with Gasteiger partial charge >= 0.3 is 12.5 Å². The Morgan fingerprint density at radius 3 is 2.03 bits per heavy atom. The summed E-state index contributed by atoms with van der Waals surface area (Å²) in [5.74, 6) is -0.433. The van der Waals surface area contributed by atoms with Gasteiger partial charge in [0.2, 0.25) is 0 Å². The Morgan fingerprint density at radius 2 is 1.55 bits per heavy atom. The van der Waals surface area contributed by atoms with Crippen LogP contribution in [0.2, 0.25) is 0 Å². The molecule has 0 heterocycles. The largest absolute Gasteiger partial charge is 0.573 e. The van der Waals surface area contributed by atoms with Crippen molar-refractivity contribution in [1.29, 1.82) is 0 Å². The van der Waals surface area contributed by atoms with Crippen molar-refractivity contribution in [3.63, 3.8) is 0 Å². The van der Waals surface area contributed by atoms with Gasteiger partial charge in [-0.15, -0.1) is 13.2 Å². The molecule has 2 aromatic rings. The number of benzene rings is 2. The van der Waals surface area contributed by atoms with E-state index >= 15 is 0 Å². The Hall–Kier alpha value is -2.42. The van der Waals surface area contributed by atoms with Gasteiger partial charge < -0.3 is 14.6 Å². The highest BCUT2D eigenvalue weighted by Gasteiger charge is 2.54. The minimum Gasteiger partial charge on any atom is -0.496 e. The summed E-state index contributed by atoms with van der Waals surface area (Å²) in [5, 5.41) is 10.3. The molecule has 0 bridgehead atoms. The van der Waals surface area contributed by atoms with E-state index in [2.05, 4.69) is 4.74 Å². The van der Waals surface area contributed by atoms with Crippen LogP contribution in [0.15, 0.2) is 42.5 Å². The lowest BCUT2D eigenvalue weighted by Crippen LogP contribution is -2.42.